The van der Waals surface area contributed by atoms with E-state index in [9.17, 15) is 18.6 Å². The van der Waals surface area contributed by atoms with Crippen LogP contribution in [-0.2, 0) is 25.2 Å². The Labute approximate surface area is 322 Å². The molecule has 0 saturated carbocycles. The van der Waals surface area contributed by atoms with Crippen molar-refractivity contribution in [1.29, 1.82) is 0 Å². The molecular weight excluding hydrogens is 833 g/mol. The zero-order chi connectivity index (χ0) is 32.4. The first-order valence-corrected chi connectivity index (χ1v) is 29.3. The molecule has 20 heteroatoms. The lowest BCUT2D eigenvalue weighted by Gasteiger charge is -2.04. The lowest BCUT2D eigenvalue weighted by Crippen LogP contribution is -2.05. The summed E-state index contributed by atoms with van der Waals surface area (Å²) in [6.45, 7) is 0. The zero-order valence-corrected chi connectivity index (χ0v) is 36.0. The Morgan fingerprint density at radius 2 is 0.841 bits per heavy atom. The minimum Gasteiger partial charge on any atom is -0.386 e. The van der Waals surface area contributed by atoms with Gasteiger partial charge in [0.1, 0.15) is 0 Å². The molecule has 0 aromatic carbocycles. The van der Waals surface area contributed by atoms with Gasteiger partial charge in [0, 0.05) is 95.1 Å². The van der Waals surface area contributed by atoms with E-state index in [-0.39, 0.29) is 27.2 Å². The third-order valence-corrected chi connectivity index (χ3v) is 20.9. The van der Waals surface area contributed by atoms with Gasteiger partial charge in [-0.3, -0.25) is 18.6 Å². The molecule has 0 fully saturated rings. The lowest BCUT2D eigenvalue weighted by molar-refractivity contribution is -0.109. The summed E-state index contributed by atoms with van der Waals surface area (Å²) in [6, 6.07) is 0. The summed E-state index contributed by atoms with van der Waals surface area (Å²) >= 11 is 20.8. The molecule has 0 bridgehead atoms. The minimum atomic E-state index is -0.810. The van der Waals surface area contributed by atoms with Gasteiger partial charge in [-0.15, -0.1) is 47.0 Å². The maximum Gasteiger partial charge on any atom is 0.199 e. The molecule has 0 aromatic rings. The highest BCUT2D eigenvalue weighted by atomic mass is 32.2. The number of carbonyl (C=O) groups is 3. The number of thioether (sulfide) groups is 13. The van der Waals surface area contributed by atoms with Crippen LogP contribution in [-0.4, -0.2) is 148 Å². The number of hydrogen-bond donors (Lipinski definition) is 2. The zero-order valence-electron chi connectivity index (χ0n) is 24.6. The van der Waals surface area contributed by atoms with Crippen molar-refractivity contribution >= 4 is 179 Å². The van der Waals surface area contributed by atoms with Gasteiger partial charge in [-0.25, -0.2) is 0 Å². The fraction of sp³-hybridized carbons (Fsp3) is 0.875. The maximum absolute atomic E-state index is 12.2. The first-order chi connectivity index (χ1) is 21.5. The van der Waals surface area contributed by atoms with Crippen molar-refractivity contribution in [3.8, 4) is 0 Å². The first-order valence-electron chi connectivity index (χ1n) is 13.3. The fourth-order valence-corrected chi connectivity index (χ4v) is 16.8. The van der Waals surface area contributed by atoms with E-state index in [2.05, 4.69) is 0 Å². The molecule has 44 heavy (non-hydrogen) atoms. The Bertz CT molecular complexity index is 725. The summed E-state index contributed by atoms with van der Waals surface area (Å²) in [5.41, 5.74) is 0. The van der Waals surface area contributed by atoms with Crippen LogP contribution in [0.1, 0.15) is 0 Å². The van der Waals surface area contributed by atoms with Crippen LogP contribution in [0.25, 0.3) is 0 Å². The normalized spacial score (nSPS) is 12.0. The lowest BCUT2D eigenvalue weighted by atomic mass is 10.9. The van der Waals surface area contributed by atoms with Crippen molar-refractivity contribution in [2.75, 3.05) is 119 Å². The Hall–Kier alpha value is 3.63. The molecule has 0 aromatic heterocycles. The van der Waals surface area contributed by atoms with Crippen LogP contribution in [0.15, 0.2) is 0 Å². The molecule has 0 spiro atoms. The average molecular weight is 878 g/mol. The molecule has 0 radical (unpaired) electrons. The SMILES string of the molecule is O=C(CSCCSCCS(=O)CSCCSCSC(=O)CSCCSCC(=O)SCCSCSCO)SCCSCSCO. The van der Waals surface area contributed by atoms with Gasteiger partial charge in [-0.1, -0.05) is 35.3 Å². The highest BCUT2D eigenvalue weighted by Gasteiger charge is 2.07. The van der Waals surface area contributed by atoms with E-state index in [1.165, 1.54) is 58.8 Å². The van der Waals surface area contributed by atoms with Crippen LogP contribution in [0.4, 0.5) is 0 Å². The predicted octanol–water partition coefficient (Wildman–Crippen LogP) is 6.58. The summed E-state index contributed by atoms with van der Waals surface area (Å²) in [6.07, 6.45) is 0. The van der Waals surface area contributed by atoms with Crippen molar-refractivity contribution in [3.63, 3.8) is 0 Å². The second-order valence-electron chi connectivity index (χ2n) is 7.64. The van der Waals surface area contributed by atoms with Crippen LogP contribution in [0.3, 0.4) is 0 Å². The molecule has 6 nitrogen and oxygen atoms in total. The topological polar surface area (TPSA) is 109 Å². The van der Waals surface area contributed by atoms with E-state index in [0.717, 1.165) is 78.5 Å². The summed E-state index contributed by atoms with van der Waals surface area (Å²) in [5, 5.41) is 21.2. The molecule has 0 aliphatic rings. The highest BCUT2D eigenvalue weighted by molar-refractivity contribution is 8.25. The largest absolute Gasteiger partial charge is 0.386 e. The Morgan fingerprint density at radius 1 is 0.432 bits per heavy atom. The molecule has 0 rings (SSSR count). The molecule has 0 heterocycles. The number of aliphatic hydroxyl groups is 2. The Balaban J connectivity index is 3.38. The summed E-state index contributed by atoms with van der Waals surface area (Å²) in [4.78, 5) is 35.7. The number of hydrogen-bond acceptors (Lipinski definition) is 19. The second-order valence-corrected chi connectivity index (χ2v) is 24.9. The molecule has 1 atom stereocenters. The standard InChI is InChI=1S/C24H44O6S14/c25-16-39-18-35-7-9-41-22(27)13-32-2-1-31-11-12-44(30)21-38-6-5-37-20-43-24(29)15-34-4-3-33-14-23(28)42-10-8-36-19-40-17-26/h25-26H,1-21H2. The number of rotatable bonds is 34. The van der Waals surface area contributed by atoms with Crippen molar-refractivity contribution in [2.24, 2.45) is 0 Å². The minimum absolute atomic E-state index is 0.144. The number of aliphatic hydroxyl groups excluding tert-OH is 2. The molecule has 0 amide bonds. The third-order valence-electron chi connectivity index (χ3n) is 4.25. The van der Waals surface area contributed by atoms with E-state index >= 15 is 0 Å². The van der Waals surface area contributed by atoms with Gasteiger partial charge in [0.05, 0.1) is 34.2 Å². The van der Waals surface area contributed by atoms with Crippen molar-refractivity contribution < 1.29 is 28.8 Å². The highest BCUT2D eigenvalue weighted by Crippen LogP contribution is 2.20. The van der Waals surface area contributed by atoms with Crippen LogP contribution in [0, 0.1) is 0 Å². The van der Waals surface area contributed by atoms with Gasteiger partial charge in [-0.05, 0) is 0 Å². The van der Waals surface area contributed by atoms with Gasteiger partial charge >= 0.3 is 0 Å². The van der Waals surface area contributed by atoms with E-state index in [1.54, 1.807) is 94.1 Å². The summed E-state index contributed by atoms with van der Waals surface area (Å²) in [7, 11) is -0.810. The predicted molar refractivity (Wildman–Crippen MR) is 228 cm³/mol. The van der Waals surface area contributed by atoms with Crippen LogP contribution >= 0.6 is 153 Å². The van der Waals surface area contributed by atoms with Crippen molar-refractivity contribution in [2.45, 2.75) is 0 Å². The second kappa shape index (κ2) is 39.4. The Morgan fingerprint density at radius 3 is 1.36 bits per heavy atom. The molecule has 2 N–H and O–H groups in total. The van der Waals surface area contributed by atoms with E-state index < -0.39 is 10.8 Å². The molecule has 0 saturated heterocycles. The summed E-state index contributed by atoms with van der Waals surface area (Å²) < 4.78 is 12.2. The molecular formula is C24H44O6S14. The van der Waals surface area contributed by atoms with Gasteiger partial charge in [0.2, 0.25) is 0 Å². The van der Waals surface area contributed by atoms with Crippen molar-refractivity contribution in [1.82, 2.24) is 0 Å². The van der Waals surface area contributed by atoms with Crippen LogP contribution < -0.4 is 0 Å². The quantitative estimate of drug-likeness (QED) is 0.0537. The fourth-order valence-electron chi connectivity index (χ4n) is 2.32. The van der Waals surface area contributed by atoms with Gasteiger partial charge in [0.15, 0.2) is 15.3 Å². The van der Waals surface area contributed by atoms with Crippen molar-refractivity contribution in [3.05, 3.63) is 0 Å². The first kappa shape index (κ1) is 47.6. The monoisotopic (exact) mass is 876 g/mol. The average Bonchev–Trinajstić information content (AvgIpc) is 3.01. The third kappa shape index (κ3) is 38.4. The molecule has 260 valence electrons. The smallest absolute Gasteiger partial charge is 0.199 e. The molecule has 0 aliphatic heterocycles. The van der Waals surface area contributed by atoms with Gasteiger partial charge in [-0.2, -0.15) is 70.6 Å². The summed E-state index contributed by atoms with van der Waals surface area (Å²) in [5.74, 6) is 12.5. The van der Waals surface area contributed by atoms with E-state index in [1.807, 2.05) is 0 Å². The Kier molecular flexibility index (Phi) is 42.7. The maximum atomic E-state index is 12.2. The molecule has 0 aliphatic carbocycles. The van der Waals surface area contributed by atoms with Crippen LogP contribution in [0.2, 0.25) is 0 Å². The molecule has 1 unspecified atom stereocenters. The van der Waals surface area contributed by atoms with E-state index in [0.29, 0.717) is 28.1 Å². The number of carbonyl (C=O) groups excluding carboxylic acids is 3. The van der Waals surface area contributed by atoms with Gasteiger partial charge in [0.25, 0.3) is 0 Å². The van der Waals surface area contributed by atoms with E-state index in [4.69, 9.17) is 10.2 Å². The van der Waals surface area contributed by atoms with Gasteiger partial charge < -0.3 is 10.2 Å². The van der Waals surface area contributed by atoms with Crippen LogP contribution in [0.5, 0.6) is 0 Å².